The number of piperidine rings is 1. The van der Waals surface area contributed by atoms with E-state index in [0.29, 0.717) is 48.8 Å². The third-order valence-electron chi connectivity index (χ3n) is 4.48. The average molecular weight is 366 g/mol. The molecule has 0 unspecified atom stereocenters. The van der Waals surface area contributed by atoms with Gasteiger partial charge in [-0.25, -0.2) is 13.1 Å². The van der Waals surface area contributed by atoms with Crippen LogP contribution in [-0.4, -0.2) is 42.4 Å². The van der Waals surface area contributed by atoms with Gasteiger partial charge >= 0.3 is 0 Å². The molecule has 9 heteroatoms. The van der Waals surface area contributed by atoms with Crippen molar-refractivity contribution in [2.24, 2.45) is 0 Å². The molecule has 1 aliphatic heterocycles. The minimum absolute atomic E-state index is 0.315. The first-order valence-electron chi connectivity index (χ1n) is 8.19. The Morgan fingerprint density at radius 2 is 1.96 bits per heavy atom. The molecule has 0 aliphatic carbocycles. The first-order chi connectivity index (χ1) is 11.8. The van der Waals surface area contributed by atoms with Gasteiger partial charge in [-0.15, -0.1) is 0 Å². The number of carbonyl (C=O) groups is 1. The second kappa shape index (κ2) is 6.64. The molecule has 2 N–H and O–H groups in total. The molecule has 0 spiro atoms. The lowest BCUT2D eigenvalue weighted by atomic mass is 10.2. The van der Waals surface area contributed by atoms with Crippen molar-refractivity contribution in [3.8, 4) is 5.82 Å². The Labute approximate surface area is 146 Å². The van der Waals surface area contributed by atoms with Crippen LogP contribution in [0.4, 0.5) is 0 Å². The highest BCUT2D eigenvalue weighted by Crippen LogP contribution is 2.21. The van der Waals surface area contributed by atoms with Crippen LogP contribution < -0.4 is 10.0 Å². The second-order valence-electron chi connectivity index (χ2n) is 6.34. The zero-order chi connectivity index (χ0) is 18.2. The molecule has 1 amide bonds. The van der Waals surface area contributed by atoms with Crippen molar-refractivity contribution in [3.63, 3.8) is 0 Å². The number of carbonyl (C=O) groups excluding carboxylic acids is 1. The fraction of sp³-hybridized carbons (Fsp3) is 0.500. The van der Waals surface area contributed by atoms with Gasteiger partial charge in [-0.3, -0.25) is 9.36 Å². The van der Waals surface area contributed by atoms with Gasteiger partial charge in [0.05, 0.1) is 10.8 Å². The minimum Gasteiger partial charge on any atom is -0.360 e. The number of hydrogen-bond donors (Lipinski definition) is 2. The van der Waals surface area contributed by atoms with E-state index in [1.165, 1.54) is 0 Å². The fourth-order valence-electron chi connectivity index (χ4n) is 3.18. The number of nitrogens with one attached hydrogen (secondary N) is 2. The Balaban J connectivity index is 1.86. The largest absolute Gasteiger partial charge is 0.360 e. The average Bonchev–Trinajstić information content (AvgIpc) is 3.11. The predicted molar refractivity (Wildman–Crippen MR) is 92.3 cm³/mol. The summed E-state index contributed by atoms with van der Waals surface area (Å²) in [4.78, 5) is 12.6. The molecule has 3 heterocycles. The van der Waals surface area contributed by atoms with E-state index in [0.717, 1.165) is 5.69 Å². The molecule has 1 aliphatic rings. The van der Waals surface area contributed by atoms with Gasteiger partial charge in [0.25, 0.3) is 5.91 Å². The maximum atomic E-state index is 12.6. The summed E-state index contributed by atoms with van der Waals surface area (Å²) in [6.07, 6.45) is 1.000. The molecule has 136 valence electrons. The number of aryl methyl sites for hydroxylation is 2. The van der Waals surface area contributed by atoms with E-state index in [-0.39, 0.29) is 0 Å². The van der Waals surface area contributed by atoms with Gasteiger partial charge in [0, 0.05) is 17.5 Å². The third-order valence-corrected chi connectivity index (χ3v) is 6.30. The minimum atomic E-state index is -3.69. The molecule has 0 saturated carbocycles. The Kier molecular flexibility index (Phi) is 4.70. The SMILES string of the molecule is Cc1cc(-n2c(C)cc(C(=O)NS(=O)(=O)C3CCNCC3)c2C)no1. The molecule has 0 radical (unpaired) electrons. The highest BCUT2D eigenvalue weighted by atomic mass is 32.2. The number of hydrogen-bond acceptors (Lipinski definition) is 6. The summed E-state index contributed by atoms with van der Waals surface area (Å²) in [5, 5.41) is 6.53. The van der Waals surface area contributed by atoms with E-state index in [1.54, 1.807) is 30.5 Å². The van der Waals surface area contributed by atoms with Crippen LogP contribution in [0.1, 0.15) is 40.3 Å². The van der Waals surface area contributed by atoms with Crippen molar-refractivity contribution in [2.45, 2.75) is 38.9 Å². The predicted octanol–water partition coefficient (Wildman–Crippen LogP) is 1.20. The van der Waals surface area contributed by atoms with E-state index in [2.05, 4.69) is 15.2 Å². The number of aromatic nitrogens is 2. The molecule has 0 aromatic carbocycles. The second-order valence-corrected chi connectivity index (χ2v) is 8.30. The van der Waals surface area contributed by atoms with Crippen LogP contribution in [-0.2, 0) is 10.0 Å². The molecule has 3 rings (SSSR count). The molecule has 1 saturated heterocycles. The van der Waals surface area contributed by atoms with Gasteiger partial charge in [-0.05, 0) is 52.8 Å². The zero-order valence-electron chi connectivity index (χ0n) is 14.5. The van der Waals surface area contributed by atoms with Crippen molar-refractivity contribution in [1.82, 2.24) is 19.8 Å². The van der Waals surface area contributed by atoms with E-state index in [4.69, 9.17) is 4.52 Å². The van der Waals surface area contributed by atoms with Crippen LogP contribution in [0.15, 0.2) is 16.7 Å². The number of nitrogens with zero attached hydrogens (tertiary/aromatic N) is 2. The van der Waals surface area contributed by atoms with Crippen molar-refractivity contribution in [3.05, 3.63) is 34.8 Å². The topological polar surface area (TPSA) is 106 Å². The van der Waals surface area contributed by atoms with Gasteiger partial charge in [0.1, 0.15) is 5.76 Å². The summed E-state index contributed by atoms with van der Waals surface area (Å²) in [6, 6.07) is 3.42. The Morgan fingerprint density at radius 3 is 2.56 bits per heavy atom. The zero-order valence-corrected chi connectivity index (χ0v) is 15.3. The molecule has 1 fully saturated rings. The van der Waals surface area contributed by atoms with Gasteiger partial charge in [0.2, 0.25) is 10.0 Å². The summed E-state index contributed by atoms with van der Waals surface area (Å²) < 4.78 is 34.0. The summed E-state index contributed by atoms with van der Waals surface area (Å²) in [5.41, 5.74) is 1.70. The van der Waals surface area contributed by atoms with Crippen LogP contribution in [0.2, 0.25) is 0 Å². The van der Waals surface area contributed by atoms with Crippen molar-refractivity contribution in [1.29, 1.82) is 0 Å². The number of sulfonamides is 1. The summed E-state index contributed by atoms with van der Waals surface area (Å²) in [6.45, 7) is 6.64. The lowest BCUT2D eigenvalue weighted by Crippen LogP contribution is -2.43. The molecule has 2 aromatic heterocycles. The van der Waals surface area contributed by atoms with Crippen LogP contribution >= 0.6 is 0 Å². The Hall–Kier alpha value is -2.13. The summed E-state index contributed by atoms with van der Waals surface area (Å²) >= 11 is 0. The standard InChI is InChI=1S/C16H22N4O4S/c1-10-8-14(12(3)20(10)15-9-11(2)24-18-15)16(21)19-25(22,23)13-4-6-17-7-5-13/h8-9,13,17H,4-7H2,1-3H3,(H,19,21). The first kappa shape index (κ1) is 17.7. The van der Waals surface area contributed by atoms with Gasteiger partial charge in [-0.1, -0.05) is 5.16 Å². The molecule has 0 bridgehead atoms. The molecular weight excluding hydrogens is 344 g/mol. The number of rotatable bonds is 4. The third kappa shape index (κ3) is 3.47. The lowest BCUT2D eigenvalue weighted by Gasteiger charge is -2.22. The highest BCUT2D eigenvalue weighted by molar-refractivity contribution is 7.90. The summed E-state index contributed by atoms with van der Waals surface area (Å²) in [5.74, 6) is 0.604. The summed E-state index contributed by atoms with van der Waals surface area (Å²) in [7, 11) is -3.69. The Bertz CT molecular complexity index is 891. The lowest BCUT2D eigenvalue weighted by molar-refractivity contribution is 0.0980. The maximum absolute atomic E-state index is 12.6. The normalized spacial score (nSPS) is 16.1. The van der Waals surface area contributed by atoms with Crippen LogP contribution in [0, 0.1) is 20.8 Å². The van der Waals surface area contributed by atoms with E-state index in [9.17, 15) is 13.2 Å². The molecule has 2 aromatic rings. The van der Waals surface area contributed by atoms with Gasteiger partial charge in [-0.2, -0.15) is 0 Å². The molecule has 25 heavy (non-hydrogen) atoms. The smallest absolute Gasteiger partial charge is 0.266 e. The first-order valence-corrected chi connectivity index (χ1v) is 9.73. The molecule has 0 atom stereocenters. The maximum Gasteiger partial charge on any atom is 0.266 e. The van der Waals surface area contributed by atoms with E-state index in [1.807, 2.05) is 6.92 Å². The van der Waals surface area contributed by atoms with Crippen LogP contribution in [0.3, 0.4) is 0 Å². The van der Waals surface area contributed by atoms with Crippen LogP contribution in [0.5, 0.6) is 0 Å². The fourth-order valence-corrected chi connectivity index (χ4v) is 4.57. The molecular formula is C16H22N4O4S. The number of amides is 1. The van der Waals surface area contributed by atoms with Crippen molar-refractivity contribution < 1.29 is 17.7 Å². The van der Waals surface area contributed by atoms with Crippen molar-refractivity contribution in [2.75, 3.05) is 13.1 Å². The Morgan fingerprint density at radius 1 is 1.28 bits per heavy atom. The van der Waals surface area contributed by atoms with Gasteiger partial charge < -0.3 is 9.84 Å². The monoisotopic (exact) mass is 366 g/mol. The van der Waals surface area contributed by atoms with E-state index < -0.39 is 21.2 Å². The van der Waals surface area contributed by atoms with Crippen molar-refractivity contribution >= 4 is 15.9 Å². The van der Waals surface area contributed by atoms with Crippen LogP contribution in [0.25, 0.3) is 5.82 Å². The van der Waals surface area contributed by atoms with E-state index >= 15 is 0 Å². The highest BCUT2D eigenvalue weighted by Gasteiger charge is 2.30. The van der Waals surface area contributed by atoms with Gasteiger partial charge in [0.15, 0.2) is 5.82 Å². The molecule has 8 nitrogen and oxygen atoms in total. The quantitative estimate of drug-likeness (QED) is 0.842.